The Bertz CT molecular complexity index is 598. The summed E-state index contributed by atoms with van der Waals surface area (Å²) in [6, 6.07) is 17.6. The predicted molar refractivity (Wildman–Crippen MR) is 115 cm³/mol. The highest BCUT2D eigenvalue weighted by atomic mass is 35.5. The maximum Gasteiger partial charge on any atom is 0.118 e. The van der Waals surface area contributed by atoms with Gasteiger partial charge in [-0.15, -0.1) is 12.4 Å². The van der Waals surface area contributed by atoms with Crippen LogP contribution < -0.4 is 20.1 Å². The van der Waals surface area contributed by atoms with Gasteiger partial charge in [-0.25, -0.2) is 0 Å². The van der Waals surface area contributed by atoms with Crippen molar-refractivity contribution in [2.75, 3.05) is 14.2 Å². The Morgan fingerprint density at radius 1 is 0.593 bits per heavy atom. The van der Waals surface area contributed by atoms with Gasteiger partial charge in [-0.1, -0.05) is 52.0 Å². The summed E-state index contributed by atoms with van der Waals surface area (Å²) >= 11 is 0. The maximum atomic E-state index is 5.32. The van der Waals surface area contributed by atoms with Crippen LogP contribution in [0.1, 0.15) is 50.9 Å². The summed E-state index contributed by atoms with van der Waals surface area (Å²) in [7, 11) is 3.39. The minimum absolute atomic E-state index is 0. The molecule has 0 bridgehead atoms. The van der Waals surface area contributed by atoms with Gasteiger partial charge in [0.15, 0.2) is 0 Å². The van der Waals surface area contributed by atoms with Gasteiger partial charge in [0.05, 0.1) is 26.3 Å². The first kappa shape index (κ1) is 23.3. The van der Waals surface area contributed by atoms with Gasteiger partial charge in [0.2, 0.25) is 0 Å². The van der Waals surface area contributed by atoms with Crippen molar-refractivity contribution in [3.8, 4) is 11.5 Å². The number of rotatable bonds is 9. The van der Waals surface area contributed by atoms with Gasteiger partial charge in [-0.2, -0.15) is 0 Å². The zero-order chi connectivity index (χ0) is 19.1. The first-order chi connectivity index (χ1) is 12.4. The summed E-state index contributed by atoms with van der Waals surface area (Å²) < 4.78 is 10.6. The maximum absolute atomic E-state index is 5.32. The lowest BCUT2D eigenvalue weighted by Gasteiger charge is -2.33. The largest absolute Gasteiger partial charge is 0.497 e. The minimum atomic E-state index is 0. The number of nitrogens with one attached hydrogen (secondary N) is 2. The van der Waals surface area contributed by atoms with E-state index >= 15 is 0 Å². The third-order valence-electron chi connectivity index (χ3n) is 4.31. The first-order valence-corrected chi connectivity index (χ1v) is 9.24. The number of hydrogen-bond donors (Lipinski definition) is 2. The molecule has 0 aliphatic carbocycles. The highest BCUT2D eigenvalue weighted by Crippen LogP contribution is 2.32. The Balaban J connectivity index is 0.00000364. The molecule has 0 spiro atoms. The van der Waals surface area contributed by atoms with Crippen molar-refractivity contribution < 1.29 is 9.47 Å². The number of methoxy groups -OCH3 is 2. The van der Waals surface area contributed by atoms with Gasteiger partial charge in [0.1, 0.15) is 11.5 Å². The molecule has 0 aliphatic rings. The molecule has 4 nitrogen and oxygen atoms in total. The van der Waals surface area contributed by atoms with E-state index in [0.29, 0.717) is 12.1 Å². The van der Waals surface area contributed by atoms with Crippen LogP contribution in [-0.2, 0) is 0 Å². The van der Waals surface area contributed by atoms with Crippen LogP contribution in [0, 0.1) is 0 Å². The lowest BCUT2D eigenvalue weighted by Crippen LogP contribution is -2.40. The van der Waals surface area contributed by atoms with Crippen LogP contribution in [-0.4, -0.2) is 26.3 Å². The third-order valence-corrected chi connectivity index (χ3v) is 4.31. The molecule has 0 saturated carbocycles. The fourth-order valence-corrected chi connectivity index (χ4v) is 3.11. The van der Waals surface area contributed by atoms with E-state index in [1.54, 1.807) is 14.2 Å². The van der Waals surface area contributed by atoms with Crippen LogP contribution in [0.15, 0.2) is 48.5 Å². The molecule has 2 atom stereocenters. The lowest BCUT2D eigenvalue weighted by molar-refractivity contribution is 0.340. The van der Waals surface area contributed by atoms with Gasteiger partial charge in [0, 0.05) is 12.1 Å². The van der Waals surface area contributed by atoms with Gasteiger partial charge >= 0.3 is 0 Å². The monoisotopic (exact) mass is 392 g/mol. The van der Waals surface area contributed by atoms with E-state index in [4.69, 9.17) is 9.47 Å². The van der Waals surface area contributed by atoms with Gasteiger partial charge in [-0.3, -0.25) is 0 Å². The minimum Gasteiger partial charge on any atom is -0.497 e. The van der Waals surface area contributed by atoms with E-state index in [1.807, 2.05) is 24.3 Å². The molecule has 0 amide bonds. The molecule has 2 rings (SSSR count). The van der Waals surface area contributed by atoms with Crippen molar-refractivity contribution in [1.29, 1.82) is 0 Å². The molecular weight excluding hydrogens is 360 g/mol. The standard InChI is InChI=1S/C22H32N2O2.ClH/c1-15(2)23-21(17-7-11-19(25-5)12-8-17)22(24-16(3)4)18-9-13-20(26-6)14-10-18;/h7-16,21-24H,1-6H3;1H. The lowest BCUT2D eigenvalue weighted by atomic mass is 9.92. The summed E-state index contributed by atoms with van der Waals surface area (Å²) in [5, 5.41) is 7.46. The van der Waals surface area contributed by atoms with Crippen molar-refractivity contribution in [2.24, 2.45) is 0 Å². The molecule has 2 aromatic carbocycles. The SMILES string of the molecule is COc1ccc(C(NC(C)C)C(NC(C)C)c2ccc(OC)cc2)cc1.Cl. The predicted octanol–water partition coefficient (Wildman–Crippen LogP) is 4.90. The molecule has 2 unspecified atom stereocenters. The van der Waals surface area contributed by atoms with Crippen molar-refractivity contribution in [2.45, 2.75) is 51.9 Å². The summed E-state index contributed by atoms with van der Waals surface area (Å²) in [6.45, 7) is 8.71. The Morgan fingerprint density at radius 2 is 0.889 bits per heavy atom. The number of ether oxygens (including phenoxy) is 2. The van der Waals surface area contributed by atoms with Crippen LogP contribution in [0.25, 0.3) is 0 Å². The molecule has 150 valence electrons. The summed E-state index contributed by atoms with van der Waals surface area (Å²) in [5.74, 6) is 1.74. The van der Waals surface area contributed by atoms with Crippen molar-refractivity contribution >= 4 is 12.4 Å². The molecule has 0 fully saturated rings. The van der Waals surface area contributed by atoms with Crippen molar-refractivity contribution in [1.82, 2.24) is 10.6 Å². The first-order valence-electron chi connectivity index (χ1n) is 9.24. The van der Waals surface area contributed by atoms with E-state index in [1.165, 1.54) is 11.1 Å². The fraction of sp³-hybridized carbons (Fsp3) is 0.455. The second-order valence-electron chi connectivity index (χ2n) is 7.14. The van der Waals surface area contributed by atoms with E-state index in [9.17, 15) is 0 Å². The molecule has 2 aromatic rings. The van der Waals surface area contributed by atoms with Crippen molar-refractivity contribution in [3.63, 3.8) is 0 Å². The summed E-state index contributed by atoms with van der Waals surface area (Å²) in [6.07, 6.45) is 0. The van der Waals surface area contributed by atoms with Gasteiger partial charge in [0.25, 0.3) is 0 Å². The molecule has 27 heavy (non-hydrogen) atoms. The number of hydrogen-bond acceptors (Lipinski definition) is 4. The zero-order valence-electron chi connectivity index (χ0n) is 17.2. The summed E-state index contributed by atoms with van der Waals surface area (Å²) in [5.41, 5.74) is 2.46. The molecule has 0 aromatic heterocycles. The highest BCUT2D eigenvalue weighted by molar-refractivity contribution is 5.85. The van der Waals surface area contributed by atoms with Crippen LogP contribution in [0.5, 0.6) is 11.5 Å². The Labute approximate surface area is 170 Å². The van der Waals surface area contributed by atoms with E-state index in [0.717, 1.165) is 11.5 Å². The van der Waals surface area contributed by atoms with Gasteiger partial charge in [-0.05, 0) is 35.4 Å². The van der Waals surface area contributed by atoms with Crippen molar-refractivity contribution in [3.05, 3.63) is 59.7 Å². The fourth-order valence-electron chi connectivity index (χ4n) is 3.11. The smallest absolute Gasteiger partial charge is 0.118 e. The average molecular weight is 393 g/mol. The van der Waals surface area contributed by atoms with Crippen LogP contribution in [0.3, 0.4) is 0 Å². The van der Waals surface area contributed by atoms with Crippen LogP contribution in [0.4, 0.5) is 0 Å². The quantitative estimate of drug-likeness (QED) is 0.636. The molecule has 2 N–H and O–H groups in total. The van der Waals surface area contributed by atoms with E-state index < -0.39 is 0 Å². The zero-order valence-corrected chi connectivity index (χ0v) is 18.0. The number of halogens is 1. The molecular formula is C22H33ClN2O2. The van der Waals surface area contributed by atoms with Crippen LogP contribution in [0.2, 0.25) is 0 Å². The topological polar surface area (TPSA) is 42.5 Å². The molecule has 5 heteroatoms. The van der Waals surface area contributed by atoms with Gasteiger partial charge < -0.3 is 20.1 Å². The highest BCUT2D eigenvalue weighted by Gasteiger charge is 2.26. The second kappa shape index (κ2) is 11.2. The molecule has 0 saturated heterocycles. The molecule has 0 radical (unpaired) electrons. The third kappa shape index (κ3) is 6.73. The Hall–Kier alpha value is -1.75. The summed E-state index contributed by atoms with van der Waals surface area (Å²) in [4.78, 5) is 0. The van der Waals surface area contributed by atoms with E-state index in [2.05, 4.69) is 62.6 Å². The normalized spacial score (nSPS) is 13.2. The molecule has 0 aliphatic heterocycles. The van der Waals surface area contributed by atoms with E-state index in [-0.39, 0.29) is 24.5 Å². The number of benzene rings is 2. The molecule has 0 heterocycles. The Morgan fingerprint density at radius 3 is 1.11 bits per heavy atom. The average Bonchev–Trinajstić information content (AvgIpc) is 2.64. The van der Waals surface area contributed by atoms with Crippen LogP contribution >= 0.6 is 12.4 Å². The Kier molecular flexibility index (Phi) is 9.64. The second-order valence-corrected chi connectivity index (χ2v) is 7.14.